The summed E-state index contributed by atoms with van der Waals surface area (Å²) in [6.45, 7) is 12.3. The van der Waals surface area contributed by atoms with Gasteiger partial charge in [-0.1, -0.05) is 37.3 Å². The van der Waals surface area contributed by atoms with Gasteiger partial charge in [0.15, 0.2) is 22.5 Å². The number of anilines is 4. The minimum absolute atomic E-state index is 0.0389. The monoisotopic (exact) mass is 779 g/mol. The molecular weight excluding hydrogens is 727 g/mol. The lowest BCUT2D eigenvalue weighted by molar-refractivity contribution is -0.247. The molecule has 0 amide bonds. The smallest absolute Gasteiger partial charge is 0.355 e. The number of fused-ring (bicyclic) bond motifs is 1. The van der Waals surface area contributed by atoms with Crippen LogP contribution in [0.2, 0.25) is 0 Å². The normalized spacial score (nSPS) is 25.2. The predicted molar refractivity (Wildman–Crippen MR) is 219 cm³/mol. The molecule has 4 fully saturated rings. The number of nitrogens with one attached hydrogen (secondary N) is 2. The Hall–Kier alpha value is -4.50. The van der Waals surface area contributed by atoms with Gasteiger partial charge in [0.1, 0.15) is 5.82 Å². The topological polar surface area (TPSA) is 163 Å². The molecule has 0 saturated heterocycles. The van der Waals surface area contributed by atoms with Crippen LogP contribution >= 0.6 is 11.3 Å². The number of rotatable bonds is 16. The number of carbonyl (C=O) groups is 1. The maximum Gasteiger partial charge on any atom is 0.355 e. The molecule has 2 atom stereocenters. The summed E-state index contributed by atoms with van der Waals surface area (Å²) in [5, 5.41) is 40.8. The van der Waals surface area contributed by atoms with E-state index in [1.54, 1.807) is 29.5 Å². The molecule has 4 heterocycles. The first kappa shape index (κ1) is 38.4. The van der Waals surface area contributed by atoms with Crippen molar-refractivity contribution in [3.05, 3.63) is 65.6 Å². The minimum atomic E-state index is -1.11. The number of aromatic nitrogens is 6. The third kappa shape index (κ3) is 7.51. The highest BCUT2D eigenvalue weighted by Crippen LogP contribution is 2.72. The molecule has 4 aliphatic carbocycles. The van der Waals surface area contributed by atoms with Crippen molar-refractivity contribution >= 4 is 50.1 Å². The number of thiazole rings is 1. The molecule has 56 heavy (non-hydrogen) atoms. The Morgan fingerprint density at radius 3 is 2.46 bits per heavy atom. The lowest BCUT2D eigenvalue weighted by Gasteiger charge is -2.69. The summed E-state index contributed by atoms with van der Waals surface area (Å²) in [5.41, 5.74) is 4.29. The van der Waals surface area contributed by atoms with Crippen LogP contribution in [0, 0.1) is 30.1 Å². The van der Waals surface area contributed by atoms with Crippen LogP contribution in [-0.2, 0) is 11.3 Å². The van der Waals surface area contributed by atoms with Crippen molar-refractivity contribution in [1.29, 1.82) is 0 Å². The standard InChI is InChI=1S/C42H53N9O4S/c1-27-18-34(48-49-36(27)47-38-45-31-10-6-7-11-32(31)56-38)50(5)33-13-12-29(35(46-33)37(53)54)30-19-44-51(28(30)2)26-41-21-39(3)20-40(4,22-41)24-42(23-39,25-41)55-17-15-43-14-8-9-16-52/h6-7,10-13,18-19,43,52H,8-9,14-17,20-26H2,1-5H3,(H,53,54)(H,45,47,49). The van der Waals surface area contributed by atoms with Crippen LogP contribution in [0.5, 0.6) is 0 Å². The Labute approximate surface area is 331 Å². The molecule has 4 aromatic heterocycles. The van der Waals surface area contributed by atoms with Crippen LogP contribution in [0.1, 0.15) is 87.0 Å². The van der Waals surface area contributed by atoms with E-state index >= 15 is 0 Å². The Morgan fingerprint density at radius 1 is 0.946 bits per heavy atom. The number of hydrogen-bond donors (Lipinski definition) is 4. The number of aromatic carboxylic acids is 1. The number of para-hydroxylation sites is 1. The van der Waals surface area contributed by atoms with E-state index in [-0.39, 0.29) is 34.1 Å². The zero-order valence-electron chi connectivity index (χ0n) is 33.1. The second kappa shape index (κ2) is 14.8. The van der Waals surface area contributed by atoms with E-state index in [2.05, 4.69) is 49.3 Å². The van der Waals surface area contributed by atoms with Crippen molar-refractivity contribution in [3.63, 3.8) is 0 Å². The van der Waals surface area contributed by atoms with Crippen molar-refractivity contribution in [2.45, 2.75) is 91.2 Å². The molecule has 4 bridgehead atoms. The average molecular weight is 780 g/mol. The molecule has 0 aliphatic heterocycles. The highest BCUT2D eigenvalue weighted by molar-refractivity contribution is 7.22. The van der Waals surface area contributed by atoms with Crippen LogP contribution in [0.4, 0.5) is 22.6 Å². The molecule has 14 heteroatoms. The Kier molecular flexibility index (Phi) is 10.1. The number of aliphatic hydroxyl groups is 1. The van der Waals surface area contributed by atoms with E-state index in [9.17, 15) is 9.90 Å². The first-order chi connectivity index (χ1) is 26.8. The quantitative estimate of drug-likeness (QED) is 0.0724. The summed E-state index contributed by atoms with van der Waals surface area (Å²) in [6, 6.07) is 13.5. The van der Waals surface area contributed by atoms with E-state index < -0.39 is 5.97 Å². The fourth-order valence-corrected chi connectivity index (χ4v) is 11.9. The number of aryl methyl sites for hydroxylation is 1. The van der Waals surface area contributed by atoms with Crippen molar-refractivity contribution in [2.24, 2.45) is 16.2 Å². The first-order valence-electron chi connectivity index (χ1n) is 19.7. The van der Waals surface area contributed by atoms with Gasteiger partial charge in [0, 0.05) is 43.6 Å². The van der Waals surface area contributed by atoms with Gasteiger partial charge in [0.25, 0.3) is 0 Å². The van der Waals surface area contributed by atoms with Gasteiger partial charge in [-0.25, -0.2) is 14.8 Å². The zero-order chi connectivity index (χ0) is 39.3. The van der Waals surface area contributed by atoms with Crippen LogP contribution in [0.3, 0.4) is 0 Å². The number of unbranched alkanes of at least 4 members (excludes halogenated alkanes) is 1. The second-order valence-corrected chi connectivity index (χ2v) is 18.5. The van der Waals surface area contributed by atoms with Gasteiger partial charge in [0.2, 0.25) is 0 Å². The van der Waals surface area contributed by atoms with Gasteiger partial charge >= 0.3 is 5.97 Å². The van der Waals surface area contributed by atoms with E-state index in [1.807, 2.05) is 56.3 Å². The number of carboxylic acids is 1. The Balaban J connectivity index is 0.992. The van der Waals surface area contributed by atoms with E-state index in [4.69, 9.17) is 14.9 Å². The van der Waals surface area contributed by atoms with Gasteiger partial charge in [-0.3, -0.25) is 4.68 Å². The number of carboxylic acid groups (broad SMARTS) is 1. The number of benzene rings is 1. The van der Waals surface area contributed by atoms with E-state index in [1.165, 1.54) is 6.42 Å². The highest BCUT2D eigenvalue weighted by Gasteiger charge is 2.66. The number of aliphatic hydroxyl groups excluding tert-OH is 1. The molecule has 4 aliphatic rings. The number of hydrogen-bond acceptors (Lipinski definition) is 12. The molecule has 4 N–H and O–H groups in total. The van der Waals surface area contributed by atoms with Gasteiger partial charge in [-0.2, -0.15) is 5.10 Å². The van der Waals surface area contributed by atoms with Crippen molar-refractivity contribution in [2.75, 3.05) is 43.6 Å². The largest absolute Gasteiger partial charge is 0.476 e. The van der Waals surface area contributed by atoms with Gasteiger partial charge in [-0.05, 0) is 124 Å². The molecule has 1 aromatic carbocycles. The third-order valence-corrected chi connectivity index (χ3v) is 13.2. The highest BCUT2D eigenvalue weighted by atomic mass is 32.1. The summed E-state index contributed by atoms with van der Waals surface area (Å²) in [4.78, 5) is 23.8. The molecule has 13 nitrogen and oxygen atoms in total. The Bertz CT molecular complexity index is 2200. The van der Waals surface area contributed by atoms with Gasteiger partial charge < -0.3 is 30.5 Å². The lowest BCUT2D eigenvalue weighted by Crippen LogP contribution is -2.64. The molecule has 4 saturated carbocycles. The molecule has 9 rings (SSSR count). The lowest BCUT2D eigenvalue weighted by atomic mass is 9.39. The van der Waals surface area contributed by atoms with Crippen molar-refractivity contribution in [3.8, 4) is 11.1 Å². The molecule has 0 spiro atoms. The summed E-state index contributed by atoms with van der Waals surface area (Å²) in [5.74, 6) is 0.467. The van der Waals surface area contributed by atoms with Crippen molar-refractivity contribution < 1.29 is 19.7 Å². The van der Waals surface area contributed by atoms with Crippen LogP contribution in [-0.4, -0.2) is 85.1 Å². The molecule has 296 valence electrons. The SMILES string of the molecule is Cc1cc(N(C)c2ccc(-c3cnn(CC45CC6(C)CC(C)(C4)CC(OCCNCCCCO)(C6)C5)c3C)c(C(=O)O)n2)nnc1Nc1nc2ccccc2s1. The van der Waals surface area contributed by atoms with E-state index in [0.29, 0.717) is 29.6 Å². The van der Waals surface area contributed by atoms with Crippen LogP contribution < -0.4 is 15.5 Å². The minimum Gasteiger partial charge on any atom is -0.476 e. The Morgan fingerprint density at radius 2 is 1.73 bits per heavy atom. The zero-order valence-corrected chi connectivity index (χ0v) is 33.9. The van der Waals surface area contributed by atoms with Gasteiger partial charge in [-0.15, -0.1) is 10.2 Å². The van der Waals surface area contributed by atoms with Crippen LogP contribution in [0.25, 0.3) is 21.3 Å². The summed E-state index contributed by atoms with van der Waals surface area (Å²) in [6.07, 6.45) is 10.3. The van der Waals surface area contributed by atoms with Crippen LogP contribution in [0.15, 0.2) is 48.7 Å². The molecule has 5 aromatic rings. The number of nitrogens with zero attached hydrogens (tertiary/aromatic N) is 7. The summed E-state index contributed by atoms with van der Waals surface area (Å²) >= 11 is 1.55. The number of pyridine rings is 1. The van der Waals surface area contributed by atoms with Crippen molar-refractivity contribution in [1.82, 2.24) is 35.3 Å². The third-order valence-electron chi connectivity index (χ3n) is 12.2. The summed E-state index contributed by atoms with van der Waals surface area (Å²) in [7, 11) is 1.81. The predicted octanol–water partition coefficient (Wildman–Crippen LogP) is 7.67. The fourth-order valence-electron chi connectivity index (χ4n) is 11.1. The molecule has 0 radical (unpaired) electrons. The maximum absolute atomic E-state index is 12.8. The maximum atomic E-state index is 12.8. The van der Waals surface area contributed by atoms with Gasteiger partial charge in [0.05, 0.1) is 28.6 Å². The molecular formula is C42H53N9O4S. The second-order valence-electron chi connectivity index (χ2n) is 17.5. The molecule has 2 unspecified atom stereocenters. The summed E-state index contributed by atoms with van der Waals surface area (Å²) < 4.78 is 10.0. The fraction of sp³-hybridized carbons (Fsp3) is 0.524. The number of ether oxygens (including phenoxy) is 1. The average Bonchev–Trinajstić information content (AvgIpc) is 3.71. The first-order valence-corrected chi connectivity index (χ1v) is 20.6. The van der Waals surface area contributed by atoms with E-state index in [0.717, 1.165) is 96.7 Å².